The number of hydrogen-bond acceptors (Lipinski definition) is 4. The summed E-state index contributed by atoms with van der Waals surface area (Å²) in [6.45, 7) is 2.74. The van der Waals surface area contributed by atoms with Gasteiger partial charge in [0.1, 0.15) is 5.82 Å². The first-order valence-corrected chi connectivity index (χ1v) is 6.30. The fourth-order valence-corrected chi connectivity index (χ4v) is 2.26. The molecular weight excluding hydrogens is 244 g/mol. The van der Waals surface area contributed by atoms with E-state index in [9.17, 15) is 4.79 Å². The molecule has 0 saturated carbocycles. The third kappa shape index (κ3) is 3.79. The standard InChI is InChI=1S/C14H18N2O3/c1-19-10-12-6-7-16(9-12)13-4-2-11(8-15-13)3-5-14(17)18/h2-5,8,12H,6-7,9-10H2,1H3,(H,17,18)/b5-3+. The van der Waals surface area contributed by atoms with Crippen LogP contribution in [0.25, 0.3) is 6.08 Å². The van der Waals surface area contributed by atoms with Crippen LogP contribution in [0.2, 0.25) is 0 Å². The lowest BCUT2D eigenvalue weighted by atomic mass is 10.1. The summed E-state index contributed by atoms with van der Waals surface area (Å²) in [5, 5.41) is 8.55. The second kappa shape index (κ2) is 6.33. The Morgan fingerprint density at radius 2 is 2.47 bits per heavy atom. The molecule has 1 aliphatic rings. The summed E-state index contributed by atoms with van der Waals surface area (Å²) in [6.07, 6.45) is 5.46. The van der Waals surface area contributed by atoms with Crippen molar-refractivity contribution >= 4 is 17.9 Å². The Labute approximate surface area is 112 Å². The molecule has 1 N–H and O–H groups in total. The molecule has 1 unspecified atom stereocenters. The van der Waals surface area contributed by atoms with Crippen LogP contribution in [0.5, 0.6) is 0 Å². The second-order valence-electron chi connectivity index (χ2n) is 4.68. The minimum absolute atomic E-state index is 0.568. The van der Waals surface area contributed by atoms with E-state index < -0.39 is 5.97 Å². The summed E-state index contributed by atoms with van der Waals surface area (Å²) >= 11 is 0. The van der Waals surface area contributed by atoms with Crippen molar-refractivity contribution in [2.24, 2.45) is 5.92 Å². The third-order valence-electron chi connectivity index (χ3n) is 3.20. The number of carboxylic acids is 1. The number of methoxy groups -OCH3 is 1. The van der Waals surface area contributed by atoms with E-state index in [4.69, 9.17) is 9.84 Å². The quantitative estimate of drug-likeness (QED) is 0.817. The maximum absolute atomic E-state index is 10.4. The van der Waals surface area contributed by atoms with Gasteiger partial charge < -0.3 is 14.7 Å². The molecule has 1 aromatic heterocycles. The fraction of sp³-hybridized carbons (Fsp3) is 0.429. The maximum atomic E-state index is 10.4. The monoisotopic (exact) mass is 262 g/mol. The zero-order chi connectivity index (χ0) is 13.7. The molecule has 5 nitrogen and oxygen atoms in total. The number of hydrogen-bond donors (Lipinski definition) is 1. The SMILES string of the molecule is COCC1CCN(c2ccc(/C=C/C(=O)O)cn2)C1. The van der Waals surface area contributed by atoms with Crippen LogP contribution in [0.4, 0.5) is 5.82 Å². The summed E-state index contributed by atoms with van der Waals surface area (Å²) < 4.78 is 5.17. The van der Waals surface area contributed by atoms with Crippen LogP contribution >= 0.6 is 0 Å². The molecule has 0 aliphatic carbocycles. The summed E-state index contributed by atoms with van der Waals surface area (Å²) in [4.78, 5) is 17.0. The van der Waals surface area contributed by atoms with E-state index in [1.165, 1.54) is 6.08 Å². The molecule has 0 amide bonds. The molecule has 1 fully saturated rings. The van der Waals surface area contributed by atoms with Crippen molar-refractivity contribution in [3.63, 3.8) is 0 Å². The number of aromatic nitrogens is 1. The molecule has 0 radical (unpaired) electrons. The highest BCUT2D eigenvalue weighted by atomic mass is 16.5. The molecule has 1 aromatic rings. The lowest BCUT2D eigenvalue weighted by Gasteiger charge is -2.17. The average molecular weight is 262 g/mol. The van der Waals surface area contributed by atoms with Gasteiger partial charge in [-0.3, -0.25) is 0 Å². The largest absolute Gasteiger partial charge is 0.478 e. The van der Waals surface area contributed by atoms with Crippen LogP contribution in [-0.2, 0) is 9.53 Å². The van der Waals surface area contributed by atoms with E-state index >= 15 is 0 Å². The number of ether oxygens (including phenoxy) is 1. The first kappa shape index (κ1) is 13.5. The molecule has 1 saturated heterocycles. The Hall–Kier alpha value is -1.88. The van der Waals surface area contributed by atoms with Crippen LogP contribution in [0.1, 0.15) is 12.0 Å². The molecule has 0 bridgehead atoms. The van der Waals surface area contributed by atoms with Gasteiger partial charge in [-0.1, -0.05) is 0 Å². The molecule has 19 heavy (non-hydrogen) atoms. The number of aliphatic carboxylic acids is 1. The van der Waals surface area contributed by atoms with Crippen LogP contribution in [0.15, 0.2) is 24.4 Å². The highest BCUT2D eigenvalue weighted by Crippen LogP contribution is 2.22. The van der Waals surface area contributed by atoms with Gasteiger partial charge in [0.05, 0.1) is 6.61 Å². The lowest BCUT2D eigenvalue weighted by molar-refractivity contribution is -0.131. The minimum atomic E-state index is -0.953. The van der Waals surface area contributed by atoms with Crippen LogP contribution in [0.3, 0.4) is 0 Å². The first-order valence-electron chi connectivity index (χ1n) is 6.30. The molecular formula is C14H18N2O3. The third-order valence-corrected chi connectivity index (χ3v) is 3.20. The van der Waals surface area contributed by atoms with Gasteiger partial charge in [0.2, 0.25) is 0 Å². The second-order valence-corrected chi connectivity index (χ2v) is 4.68. The van der Waals surface area contributed by atoms with Crippen LogP contribution in [0, 0.1) is 5.92 Å². The minimum Gasteiger partial charge on any atom is -0.478 e. The van der Waals surface area contributed by atoms with E-state index in [1.54, 1.807) is 13.3 Å². The average Bonchev–Trinajstić information content (AvgIpc) is 2.86. The van der Waals surface area contributed by atoms with Gasteiger partial charge in [-0.2, -0.15) is 0 Å². The van der Waals surface area contributed by atoms with E-state index in [0.717, 1.165) is 43.6 Å². The Morgan fingerprint density at radius 3 is 3.11 bits per heavy atom. The molecule has 2 rings (SSSR count). The fourth-order valence-electron chi connectivity index (χ4n) is 2.26. The topological polar surface area (TPSA) is 62.7 Å². The highest BCUT2D eigenvalue weighted by molar-refractivity contribution is 5.85. The zero-order valence-corrected chi connectivity index (χ0v) is 11.0. The van der Waals surface area contributed by atoms with Crippen molar-refractivity contribution in [2.45, 2.75) is 6.42 Å². The van der Waals surface area contributed by atoms with Crippen molar-refractivity contribution in [3.8, 4) is 0 Å². The van der Waals surface area contributed by atoms with Crippen molar-refractivity contribution in [1.29, 1.82) is 0 Å². The number of anilines is 1. The number of pyridine rings is 1. The predicted octanol–water partition coefficient (Wildman–Crippen LogP) is 1.65. The van der Waals surface area contributed by atoms with E-state index in [2.05, 4.69) is 9.88 Å². The van der Waals surface area contributed by atoms with Crippen LogP contribution in [-0.4, -0.2) is 42.9 Å². The van der Waals surface area contributed by atoms with E-state index in [-0.39, 0.29) is 0 Å². The van der Waals surface area contributed by atoms with Gasteiger partial charge in [0.25, 0.3) is 0 Å². The molecule has 0 spiro atoms. The molecule has 5 heteroatoms. The summed E-state index contributed by atoms with van der Waals surface area (Å²) in [6, 6.07) is 3.81. The molecule has 1 atom stereocenters. The van der Waals surface area contributed by atoms with Gasteiger partial charge in [-0.05, 0) is 30.2 Å². The van der Waals surface area contributed by atoms with E-state index in [0.29, 0.717) is 5.92 Å². The molecule has 102 valence electrons. The maximum Gasteiger partial charge on any atom is 0.328 e. The summed E-state index contributed by atoms with van der Waals surface area (Å²) in [7, 11) is 1.73. The van der Waals surface area contributed by atoms with Crippen LogP contribution < -0.4 is 4.90 Å². The molecule has 1 aliphatic heterocycles. The Morgan fingerprint density at radius 1 is 1.63 bits per heavy atom. The Balaban J connectivity index is 1.97. The lowest BCUT2D eigenvalue weighted by Crippen LogP contribution is -2.21. The van der Waals surface area contributed by atoms with Crippen molar-refractivity contribution in [3.05, 3.63) is 30.0 Å². The van der Waals surface area contributed by atoms with Gasteiger partial charge in [-0.25, -0.2) is 9.78 Å². The summed E-state index contributed by atoms with van der Waals surface area (Å²) in [5.74, 6) is 0.551. The number of rotatable bonds is 5. The Bertz CT molecular complexity index is 456. The normalized spacial score (nSPS) is 19.2. The van der Waals surface area contributed by atoms with Gasteiger partial charge >= 0.3 is 5.97 Å². The van der Waals surface area contributed by atoms with Crippen molar-refractivity contribution < 1.29 is 14.6 Å². The van der Waals surface area contributed by atoms with Crippen molar-refractivity contribution in [1.82, 2.24) is 4.98 Å². The predicted molar refractivity (Wildman–Crippen MR) is 73.1 cm³/mol. The number of carboxylic acid groups (broad SMARTS) is 1. The molecule has 2 heterocycles. The zero-order valence-electron chi connectivity index (χ0n) is 11.0. The van der Waals surface area contributed by atoms with Gasteiger partial charge in [0, 0.05) is 38.4 Å². The summed E-state index contributed by atoms with van der Waals surface area (Å²) in [5.41, 5.74) is 0.791. The Kier molecular flexibility index (Phi) is 4.52. The molecule has 0 aromatic carbocycles. The van der Waals surface area contributed by atoms with Gasteiger partial charge in [0.15, 0.2) is 0 Å². The van der Waals surface area contributed by atoms with E-state index in [1.807, 2.05) is 12.1 Å². The first-order chi connectivity index (χ1) is 9.19. The highest BCUT2D eigenvalue weighted by Gasteiger charge is 2.22. The number of nitrogens with zero attached hydrogens (tertiary/aromatic N) is 2. The number of carbonyl (C=O) groups is 1. The van der Waals surface area contributed by atoms with Gasteiger partial charge in [-0.15, -0.1) is 0 Å². The van der Waals surface area contributed by atoms with Crippen molar-refractivity contribution in [2.75, 3.05) is 31.7 Å². The smallest absolute Gasteiger partial charge is 0.328 e.